The molecule has 6 nitrogen and oxygen atoms in total. The van der Waals surface area contributed by atoms with Crippen molar-refractivity contribution in [2.75, 3.05) is 39.3 Å². The Morgan fingerprint density at radius 3 is 2.42 bits per heavy atom. The van der Waals surface area contributed by atoms with Crippen LogP contribution in [0.15, 0.2) is 78.6 Å². The molecule has 1 saturated heterocycles. The fraction of sp³-hybridized carbons (Fsp3) is 0.269. The highest BCUT2D eigenvalue weighted by molar-refractivity contribution is 6.30. The third kappa shape index (κ3) is 4.55. The number of piperazine rings is 1. The van der Waals surface area contributed by atoms with Crippen LogP contribution < -0.4 is 11.1 Å². The summed E-state index contributed by atoms with van der Waals surface area (Å²) in [4.78, 5) is 18.6. The van der Waals surface area contributed by atoms with E-state index in [1.54, 1.807) is 0 Å². The molecule has 0 saturated carbocycles. The minimum atomic E-state index is 0.0231. The molecule has 0 bridgehead atoms. The van der Waals surface area contributed by atoms with Crippen LogP contribution >= 0.6 is 11.6 Å². The Balaban J connectivity index is 1.44. The third-order valence-corrected chi connectivity index (χ3v) is 6.69. The van der Waals surface area contributed by atoms with Gasteiger partial charge in [0.15, 0.2) is 0 Å². The van der Waals surface area contributed by atoms with Crippen molar-refractivity contribution < 1.29 is 4.79 Å². The zero-order valence-electron chi connectivity index (χ0n) is 18.5. The fourth-order valence-corrected chi connectivity index (χ4v) is 4.74. The summed E-state index contributed by atoms with van der Waals surface area (Å²) in [7, 11) is 0. The highest BCUT2D eigenvalue weighted by Gasteiger charge is 2.33. The van der Waals surface area contributed by atoms with Crippen molar-refractivity contribution in [3.8, 4) is 0 Å². The van der Waals surface area contributed by atoms with Crippen LogP contribution in [0.25, 0.3) is 11.3 Å². The van der Waals surface area contributed by atoms with E-state index >= 15 is 0 Å². The number of amides is 1. The van der Waals surface area contributed by atoms with E-state index in [-0.39, 0.29) is 18.6 Å². The summed E-state index contributed by atoms with van der Waals surface area (Å²) >= 11 is 6.15. The number of carbonyl (C=O) groups excluding carboxylic acids is 1. The monoisotopic (exact) mass is 461 g/mol. The molecule has 1 amide bonds. The van der Waals surface area contributed by atoms with Gasteiger partial charge < -0.3 is 20.9 Å². The van der Waals surface area contributed by atoms with Crippen molar-refractivity contribution in [2.24, 2.45) is 5.73 Å². The highest BCUT2D eigenvalue weighted by atomic mass is 35.5. The average molecular weight is 462 g/mol. The predicted molar refractivity (Wildman–Crippen MR) is 133 cm³/mol. The second-order valence-corrected chi connectivity index (χ2v) is 8.93. The van der Waals surface area contributed by atoms with Gasteiger partial charge >= 0.3 is 0 Å². The van der Waals surface area contributed by atoms with Crippen molar-refractivity contribution in [1.29, 1.82) is 0 Å². The Hall–Kier alpha value is -3.06. The highest BCUT2D eigenvalue weighted by Crippen LogP contribution is 2.34. The molecular weight excluding hydrogens is 434 g/mol. The molecule has 7 heteroatoms. The second kappa shape index (κ2) is 9.43. The Labute approximate surface area is 199 Å². The van der Waals surface area contributed by atoms with Gasteiger partial charge in [-0.1, -0.05) is 60.1 Å². The minimum Gasteiger partial charge on any atom is -0.360 e. The topological polar surface area (TPSA) is 64.8 Å². The molecule has 33 heavy (non-hydrogen) atoms. The first-order valence-corrected chi connectivity index (χ1v) is 11.7. The maximum atomic E-state index is 12.0. The van der Waals surface area contributed by atoms with Crippen LogP contribution in [-0.4, -0.2) is 66.0 Å². The number of fused-ring (bicyclic) bond motifs is 1. The van der Waals surface area contributed by atoms with Gasteiger partial charge in [0, 0.05) is 43.9 Å². The van der Waals surface area contributed by atoms with Crippen LogP contribution in [0.4, 0.5) is 0 Å². The van der Waals surface area contributed by atoms with E-state index in [1.807, 2.05) is 23.1 Å². The van der Waals surface area contributed by atoms with Crippen molar-refractivity contribution in [3.63, 3.8) is 0 Å². The summed E-state index contributed by atoms with van der Waals surface area (Å²) in [6, 6.07) is 18.4. The van der Waals surface area contributed by atoms with E-state index in [0.29, 0.717) is 13.1 Å². The summed E-state index contributed by atoms with van der Waals surface area (Å²) in [6.07, 6.45) is 6.70. The molecule has 0 aliphatic carbocycles. The van der Waals surface area contributed by atoms with E-state index in [4.69, 9.17) is 17.3 Å². The van der Waals surface area contributed by atoms with Crippen LogP contribution in [-0.2, 0) is 4.79 Å². The Kier molecular flexibility index (Phi) is 6.22. The normalized spacial score (nSPS) is 20.5. The summed E-state index contributed by atoms with van der Waals surface area (Å²) in [5.41, 5.74) is 11.4. The van der Waals surface area contributed by atoms with E-state index in [1.165, 1.54) is 16.8 Å². The van der Waals surface area contributed by atoms with Gasteiger partial charge in [-0.2, -0.15) is 0 Å². The average Bonchev–Trinajstić information content (AvgIpc) is 3.22. The number of nitrogens with two attached hydrogens (primary N) is 1. The molecule has 1 fully saturated rings. The van der Waals surface area contributed by atoms with Crippen LogP contribution in [0, 0.1) is 0 Å². The van der Waals surface area contributed by atoms with Crippen molar-refractivity contribution in [3.05, 3.63) is 94.8 Å². The molecule has 3 heterocycles. The van der Waals surface area contributed by atoms with E-state index in [2.05, 4.69) is 69.9 Å². The molecule has 1 atom stereocenters. The quantitative estimate of drug-likeness (QED) is 0.716. The zero-order chi connectivity index (χ0) is 22.8. The smallest absolute Gasteiger partial charge is 0.236 e. The molecule has 3 aliphatic rings. The van der Waals surface area contributed by atoms with Gasteiger partial charge in [0.1, 0.15) is 6.17 Å². The van der Waals surface area contributed by atoms with Gasteiger partial charge in [-0.15, -0.1) is 0 Å². The molecule has 3 aliphatic heterocycles. The molecule has 2 aromatic carbocycles. The number of hydrogen-bond acceptors (Lipinski definition) is 5. The lowest BCUT2D eigenvalue weighted by molar-refractivity contribution is -0.131. The molecule has 1 unspecified atom stereocenters. The fourth-order valence-electron chi connectivity index (χ4n) is 4.61. The molecule has 170 valence electrons. The zero-order valence-corrected chi connectivity index (χ0v) is 19.2. The lowest BCUT2D eigenvalue weighted by Gasteiger charge is -2.36. The molecule has 3 N–H and O–H groups in total. The van der Waals surface area contributed by atoms with Gasteiger partial charge in [0.25, 0.3) is 0 Å². The lowest BCUT2D eigenvalue weighted by Crippen LogP contribution is -2.51. The summed E-state index contributed by atoms with van der Waals surface area (Å²) in [5.74, 6) is 0.0231. The third-order valence-electron chi connectivity index (χ3n) is 6.44. The predicted octanol–water partition coefficient (Wildman–Crippen LogP) is 2.95. The van der Waals surface area contributed by atoms with Gasteiger partial charge in [-0.3, -0.25) is 9.69 Å². The number of hydrogen-bond donors (Lipinski definition) is 2. The molecule has 0 radical (unpaired) electrons. The van der Waals surface area contributed by atoms with E-state index in [9.17, 15) is 4.79 Å². The number of rotatable bonds is 5. The van der Waals surface area contributed by atoms with Gasteiger partial charge in [0.2, 0.25) is 5.91 Å². The van der Waals surface area contributed by atoms with Gasteiger partial charge in [0.05, 0.1) is 17.9 Å². The standard InChI is InChI=1S/C26H28ClN5O/c27-22-9-6-20(7-10-22)26-23(18-30-12-14-31(15-13-30)25(33)16-28)32-17-21(8-11-24(32)29-26)19-4-2-1-3-5-19/h1-11,17,24,29H,12-16,18,28H2. The summed E-state index contributed by atoms with van der Waals surface area (Å²) in [5, 5.41) is 4.43. The van der Waals surface area contributed by atoms with Crippen LogP contribution in [0.5, 0.6) is 0 Å². The van der Waals surface area contributed by atoms with Gasteiger partial charge in [-0.25, -0.2) is 0 Å². The maximum Gasteiger partial charge on any atom is 0.236 e. The number of allylic oxidation sites excluding steroid dienone is 2. The summed E-state index contributed by atoms with van der Waals surface area (Å²) in [6.45, 7) is 3.94. The Morgan fingerprint density at radius 2 is 1.73 bits per heavy atom. The van der Waals surface area contributed by atoms with E-state index < -0.39 is 0 Å². The molecular formula is C26H28ClN5O. The van der Waals surface area contributed by atoms with Crippen LogP contribution in [0.1, 0.15) is 11.1 Å². The maximum absolute atomic E-state index is 12.0. The number of carbonyl (C=O) groups is 1. The first kappa shape index (κ1) is 21.8. The van der Waals surface area contributed by atoms with Crippen molar-refractivity contribution in [1.82, 2.24) is 20.0 Å². The molecule has 0 spiro atoms. The summed E-state index contributed by atoms with van der Waals surface area (Å²) < 4.78 is 0. The van der Waals surface area contributed by atoms with Gasteiger partial charge in [-0.05, 0) is 34.9 Å². The first-order chi connectivity index (χ1) is 16.1. The van der Waals surface area contributed by atoms with Crippen LogP contribution in [0.2, 0.25) is 5.02 Å². The number of halogens is 1. The SMILES string of the molecule is NCC(=O)N1CCN(CC2=C(c3ccc(Cl)cc3)NC3C=CC(c4ccccc4)=CN23)CC1. The largest absolute Gasteiger partial charge is 0.360 e. The van der Waals surface area contributed by atoms with Crippen LogP contribution in [0.3, 0.4) is 0 Å². The number of nitrogens with zero attached hydrogens (tertiary/aromatic N) is 3. The second-order valence-electron chi connectivity index (χ2n) is 8.50. The Morgan fingerprint density at radius 1 is 1.00 bits per heavy atom. The molecule has 5 rings (SSSR count). The number of nitrogens with one attached hydrogen (secondary N) is 1. The molecule has 2 aromatic rings. The minimum absolute atomic E-state index is 0.0231. The molecule has 0 aromatic heterocycles. The van der Waals surface area contributed by atoms with E-state index in [0.717, 1.165) is 35.9 Å². The Bertz CT molecular complexity index is 1100. The van der Waals surface area contributed by atoms with Crippen molar-refractivity contribution >= 4 is 28.8 Å². The first-order valence-electron chi connectivity index (χ1n) is 11.3. The number of benzene rings is 2. The lowest BCUT2D eigenvalue weighted by atomic mass is 10.0. The van der Waals surface area contributed by atoms with Crippen molar-refractivity contribution in [2.45, 2.75) is 6.17 Å².